The largest absolute Gasteiger partial charge is 0.480 e. The van der Waals surface area contributed by atoms with Gasteiger partial charge in [-0.15, -0.1) is 0 Å². The molecule has 1 aliphatic rings. The average molecular weight is 326 g/mol. The molecule has 1 aromatic carbocycles. The van der Waals surface area contributed by atoms with E-state index in [2.05, 4.69) is 0 Å². The molecule has 1 atom stereocenters. The molecule has 0 radical (unpaired) electrons. The number of carboxylic acid groups (broad SMARTS) is 1. The van der Waals surface area contributed by atoms with Crippen LogP contribution in [0.25, 0.3) is 0 Å². The van der Waals surface area contributed by atoms with Crippen LogP contribution in [-0.2, 0) is 19.6 Å². The topological polar surface area (TPSA) is 95.0 Å². The minimum atomic E-state index is -3.85. The van der Waals surface area contributed by atoms with Crippen LogP contribution in [0, 0.1) is 0 Å². The Balaban J connectivity index is 2.30. The van der Waals surface area contributed by atoms with Crippen molar-refractivity contribution in [2.24, 2.45) is 0 Å². The first-order chi connectivity index (χ1) is 10.2. The number of amides is 1. The summed E-state index contributed by atoms with van der Waals surface area (Å²) in [7, 11) is -2.26. The molecule has 7 nitrogen and oxygen atoms in total. The van der Waals surface area contributed by atoms with E-state index in [1.54, 1.807) is 7.05 Å². The van der Waals surface area contributed by atoms with Crippen molar-refractivity contribution in [1.29, 1.82) is 0 Å². The second kappa shape index (κ2) is 6.05. The number of sulfonamides is 1. The van der Waals surface area contributed by atoms with Crippen LogP contribution in [0.4, 0.5) is 5.69 Å². The molecule has 0 saturated carbocycles. The zero-order valence-electron chi connectivity index (χ0n) is 12.4. The summed E-state index contributed by atoms with van der Waals surface area (Å²) in [5.74, 6) is -1.30. The maximum Gasteiger partial charge on any atom is 0.322 e. The molecule has 1 aromatic rings. The molecule has 1 saturated heterocycles. The number of benzene rings is 1. The normalized spacial score (nSPS) is 19.1. The maximum absolute atomic E-state index is 12.5. The van der Waals surface area contributed by atoms with Crippen molar-refractivity contribution in [2.75, 3.05) is 18.5 Å². The maximum atomic E-state index is 12.5. The van der Waals surface area contributed by atoms with E-state index in [9.17, 15) is 18.0 Å². The predicted octanol–water partition coefficient (Wildman–Crippen LogP) is 0.907. The van der Waals surface area contributed by atoms with Gasteiger partial charge in [0.1, 0.15) is 6.04 Å². The van der Waals surface area contributed by atoms with Gasteiger partial charge in [0.25, 0.3) is 0 Å². The Bertz CT molecular complexity index is 684. The van der Waals surface area contributed by atoms with E-state index >= 15 is 0 Å². The van der Waals surface area contributed by atoms with E-state index < -0.39 is 22.0 Å². The lowest BCUT2D eigenvalue weighted by molar-refractivity contribution is -0.140. The van der Waals surface area contributed by atoms with Crippen molar-refractivity contribution >= 4 is 27.6 Å². The molecule has 0 unspecified atom stereocenters. The monoisotopic (exact) mass is 326 g/mol. The second-order valence-electron chi connectivity index (χ2n) is 5.18. The van der Waals surface area contributed by atoms with Crippen molar-refractivity contribution < 1.29 is 23.1 Å². The van der Waals surface area contributed by atoms with Crippen molar-refractivity contribution in [1.82, 2.24) is 4.31 Å². The van der Waals surface area contributed by atoms with Gasteiger partial charge in [0.05, 0.1) is 4.90 Å². The highest BCUT2D eigenvalue weighted by Crippen LogP contribution is 2.27. The number of anilines is 1. The van der Waals surface area contributed by atoms with E-state index in [4.69, 9.17) is 5.11 Å². The van der Waals surface area contributed by atoms with Gasteiger partial charge in [-0.05, 0) is 37.1 Å². The van der Waals surface area contributed by atoms with Gasteiger partial charge in [-0.2, -0.15) is 4.31 Å². The Labute approximate surface area is 129 Å². The van der Waals surface area contributed by atoms with Crippen LogP contribution in [0.15, 0.2) is 29.2 Å². The lowest BCUT2D eigenvalue weighted by Gasteiger charge is -2.21. The van der Waals surface area contributed by atoms with Crippen LogP contribution in [0.2, 0.25) is 0 Å². The first-order valence-corrected chi connectivity index (χ1v) is 8.28. The fraction of sp³-hybridized carbons (Fsp3) is 0.429. The Hall–Kier alpha value is -1.93. The van der Waals surface area contributed by atoms with Crippen LogP contribution < -0.4 is 4.90 Å². The van der Waals surface area contributed by atoms with Gasteiger partial charge in [0.15, 0.2) is 0 Å². The number of carboxylic acids is 1. The molecule has 0 bridgehead atoms. The van der Waals surface area contributed by atoms with Crippen molar-refractivity contribution in [3.63, 3.8) is 0 Å². The first kappa shape index (κ1) is 16.4. The lowest BCUT2D eigenvalue weighted by Crippen LogP contribution is -2.40. The summed E-state index contributed by atoms with van der Waals surface area (Å²) < 4.78 is 26.1. The molecule has 0 aliphatic carbocycles. The van der Waals surface area contributed by atoms with E-state index in [1.807, 2.05) is 0 Å². The number of carbonyl (C=O) groups is 2. The van der Waals surface area contributed by atoms with Gasteiger partial charge >= 0.3 is 5.97 Å². The van der Waals surface area contributed by atoms with Crippen LogP contribution in [0.3, 0.4) is 0 Å². The smallest absolute Gasteiger partial charge is 0.322 e. The predicted molar refractivity (Wildman–Crippen MR) is 80.1 cm³/mol. The zero-order chi connectivity index (χ0) is 16.5. The number of nitrogens with zero attached hydrogens (tertiary/aromatic N) is 2. The molecular formula is C14H18N2O5S. The van der Waals surface area contributed by atoms with Gasteiger partial charge in [0.2, 0.25) is 15.9 Å². The zero-order valence-corrected chi connectivity index (χ0v) is 13.2. The van der Waals surface area contributed by atoms with E-state index in [0.29, 0.717) is 18.5 Å². The third kappa shape index (κ3) is 2.97. The third-order valence-electron chi connectivity index (χ3n) is 3.79. The molecule has 0 spiro atoms. The SMILES string of the molecule is CC(=O)N(C)c1ccc(S(=O)(=O)N2CCC[C@H]2C(=O)O)cc1. The lowest BCUT2D eigenvalue weighted by atomic mass is 10.2. The second-order valence-corrected chi connectivity index (χ2v) is 7.07. The standard InChI is InChI=1S/C14H18N2O5S/c1-10(17)15(2)11-5-7-12(8-6-11)22(20,21)16-9-3-4-13(16)14(18)19/h5-8,13H,3-4,9H2,1-2H3,(H,18,19)/t13-/m0/s1. The highest BCUT2D eigenvalue weighted by Gasteiger charge is 2.39. The Morgan fingerprint density at radius 1 is 1.27 bits per heavy atom. The van der Waals surface area contributed by atoms with E-state index in [-0.39, 0.29) is 17.3 Å². The first-order valence-electron chi connectivity index (χ1n) is 6.84. The van der Waals surface area contributed by atoms with Crippen LogP contribution in [0.5, 0.6) is 0 Å². The van der Waals surface area contributed by atoms with Crippen molar-refractivity contribution in [3.05, 3.63) is 24.3 Å². The molecular weight excluding hydrogens is 308 g/mol. The fourth-order valence-electron chi connectivity index (χ4n) is 2.43. The molecule has 1 N–H and O–H groups in total. The Morgan fingerprint density at radius 3 is 2.36 bits per heavy atom. The van der Waals surface area contributed by atoms with Crippen molar-refractivity contribution in [3.8, 4) is 0 Å². The number of rotatable bonds is 4. The number of carbonyl (C=O) groups excluding carboxylic acids is 1. The number of aliphatic carboxylic acids is 1. The molecule has 8 heteroatoms. The number of hydrogen-bond donors (Lipinski definition) is 1. The summed E-state index contributed by atoms with van der Waals surface area (Å²) >= 11 is 0. The molecule has 120 valence electrons. The fourth-order valence-corrected chi connectivity index (χ4v) is 4.08. The third-order valence-corrected chi connectivity index (χ3v) is 5.71. The molecule has 2 rings (SSSR count). The summed E-state index contributed by atoms with van der Waals surface area (Å²) in [5, 5.41) is 9.12. The van der Waals surface area contributed by atoms with Gasteiger partial charge in [0, 0.05) is 26.2 Å². The molecule has 0 aromatic heterocycles. The summed E-state index contributed by atoms with van der Waals surface area (Å²) in [6.45, 7) is 1.61. The summed E-state index contributed by atoms with van der Waals surface area (Å²) in [5.41, 5.74) is 0.572. The molecule has 22 heavy (non-hydrogen) atoms. The Morgan fingerprint density at radius 2 is 1.86 bits per heavy atom. The van der Waals surface area contributed by atoms with E-state index in [0.717, 1.165) is 4.31 Å². The summed E-state index contributed by atoms with van der Waals surface area (Å²) in [6, 6.07) is 4.83. The molecule has 1 fully saturated rings. The summed E-state index contributed by atoms with van der Waals surface area (Å²) in [6.07, 6.45) is 0.848. The van der Waals surface area contributed by atoms with Gasteiger partial charge in [-0.3, -0.25) is 9.59 Å². The summed E-state index contributed by atoms with van der Waals surface area (Å²) in [4.78, 5) is 23.9. The van der Waals surface area contributed by atoms with Crippen LogP contribution >= 0.6 is 0 Å². The van der Waals surface area contributed by atoms with Gasteiger partial charge in [-0.1, -0.05) is 0 Å². The molecule has 1 amide bonds. The van der Waals surface area contributed by atoms with Crippen LogP contribution in [0.1, 0.15) is 19.8 Å². The van der Waals surface area contributed by atoms with Crippen LogP contribution in [-0.4, -0.2) is 49.3 Å². The quantitative estimate of drug-likeness (QED) is 0.887. The minimum Gasteiger partial charge on any atom is -0.480 e. The Kier molecular flexibility index (Phi) is 4.52. The minimum absolute atomic E-state index is 0.0290. The van der Waals surface area contributed by atoms with E-state index in [1.165, 1.54) is 36.1 Å². The van der Waals surface area contributed by atoms with Gasteiger partial charge in [-0.25, -0.2) is 8.42 Å². The van der Waals surface area contributed by atoms with Crippen molar-refractivity contribution in [2.45, 2.75) is 30.7 Å². The highest BCUT2D eigenvalue weighted by atomic mass is 32.2. The van der Waals surface area contributed by atoms with Gasteiger partial charge < -0.3 is 10.0 Å². The highest BCUT2D eigenvalue weighted by molar-refractivity contribution is 7.89. The number of hydrogen-bond acceptors (Lipinski definition) is 4. The average Bonchev–Trinajstić information content (AvgIpc) is 2.97. The molecule has 1 aliphatic heterocycles. The molecule has 1 heterocycles.